The molecule has 0 aliphatic heterocycles. The molecular weight excluding hydrogens is 398 g/mol. The summed E-state index contributed by atoms with van der Waals surface area (Å²) in [5.74, 6) is 1.05. The highest BCUT2D eigenvalue weighted by Gasteiger charge is 2.17. The Labute approximate surface area is 178 Å². The SMILES string of the molecule is CC(C)CNC(=O)CSc1nnc2n(Cc3ccccc3)c(=O)c3ccccc3n12. The van der Waals surface area contributed by atoms with Gasteiger partial charge in [-0.3, -0.25) is 18.6 Å². The van der Waals surface area contributed by atoms with Crippen LogP contribution in [0.5, 0.6) is 0 Å². The Morgan fingerprint density at radius 2 is 1.80 bits per heavy atom. The molecule has 2 heterocycles. The number of carbonyl (C=O) groups is 1. The van der Waals surface area contributed by atoms with Crippen LogP contribution in [-0.2, 0) is 11.3 Å². The number of fused-ring (bicyclic) bond motifs is 3. The lowest BCUT2D eigenvalue weighted by Gasteiger charge is -2.11. The van der Waals surface area contributed by atoms with Gasteiger partial charge < -0.3 is 5.32 Å². The summed E-state index contributed by atoms with van der Waals surface area (Å²) in [6.07, 6.45) is 0. The van der Waals surface area contributed by atoms with Gasteiger partial charge in [-0.2, -0.15) is 0 Å². The zero-order valence-electron chi connectivity index (χ0n) is 16.9. The Balaban J connectivity index is 1.75. The molecule has 0 saturated carbocycles. The number of carbonyl (C=O) groups excluding carboxylic acids is 1. The Kier molecular flexibility index (Phi) is 5.85. The zero-order valence-corrected chi connectivity index (χ0v) is 17.7. The number of benzene rings is 2. The van der Waals surface area contributed by atoms with Crippen molar-refractivity contribution in [1.29, 1.82) is 0 Å². The number of nitrogens with one attached hydrogen (secondary N) is 1. The van der Waals surface area contributed by atoms with Gasteiger partial charge in [-0.25, -0.2) is 0 Å². The molecule has 0 atom stereocenters. The molecule has 0 aliphatic rings. The van der Waals surface area contributed by atoms with E-state index in [4.69, 9.17) is 0 Å². The van der Waals surface area contributed by atoms with Gasteiger partial charge in [0.15, 0.2) is 5.16 Å². The molecule has 1 N–H and O–H groups in total. The summed E-state index contributed by atoms with van der Waals surface area (Å²) in [5, 5.41) is 12.7. The lowest BCUT2D eigenvalue weighted by atomic mass is 10.2. The second-order valence-corrected chi connectivity index (χ2v) is 8.44. The predicted octanol–water partition coefficient (Wildman–Crippen LogP) is 2.96. The van der Waals surface area contributed by atoms with Crippen molar-refractivity contribution in [2.75, 3.05) is 12.3 Å². The van der Waals surface area contributed by atoms with Gasteiger partial charge in [0.25, 0.3) is 5.56 Å². The van der Waals surface area contributed by atoms with Crippen molar-refractivity contribution in [3.63, 3.8) is 0 Å². The highest BCUT2D eigenvalue weighted by Crippen LogP contribution is 2.22. The molecule has 2 aromatic heterocycles. The summed E-state index contributed by atoms with van der Waals surface area (Å²) in [5.41, 5.74) is 1.62. The molecule has 1 amide bonds. The van der Waals surface area contributed by atoms with E-state index in [2.05, 4.69) is 29.4 Å². The summed E-state index contributed by atoms with van der Waals surface area (Å²) < 4.78 is 3.49. The average molecular weight is 422 g/mol. The number of thioether (sulfide) groups is 1. The predicted molar refractivity (Wildman–Crippen MR) is 119 cm³/mol. The molecule has 8 heteroatoms. The maximum Gasteiger partial charge on any atom is 0.263 e. The minimum absolute atomic E-state index is 0.0487. The quantitative estimate of drug-likeness (QED) is 0.464. The third-order valence-corrected chi connectivity index (χ3v) is 5.63. The van der Waals surface area contributed by atoms with Crippen LogP contribution < -0.4 is 10.9 Å². The van der Waals surface area contributed by atoms with Crippen LogP contribution in [0.3, 0.4) is 0 Å². The minimum Gasteiger partial charge on any atom is -0.355 e. The first kappa shape index (κ1) is 20.2. The number of nitrogens with zero attached hydrogens (tertiary/aromatic N) is 4. The maximum absolute atomic E-state index is 13.2. The third-order valence-electron chi connectivity index (χ3n) is 4.70. The highest BCUT2D eigenvalue weighted by atomic mass is 32.2. The average Bonchev–Trinajstić information content (AvgIpc) is 3.18. The largest absolute Gasteiger partial charge is 0.355 e. The van der Waals surface area contributed by atoms with Gasteiger partial charge in [0.2, 0.25) is 11.7 Å². The molecule has 2 aromatic carbocycles. The molecule has 30 heavy (non-hydrogen) atoms. The van der Waals surface area contributed by atoms with Gasteiger partial charge in [0.05, 0.1) is 23.2 Å². The monoisotopic (exact) mass is 421 g/mol. The van der Waals surface area contributed by atoms with Crippen molar-refractivity contribution in [3.8, 4) is 0 Å². The molecular formula is C22H23N5O2S. The van der Waals surface area contributed by atoms with Crippen LogP contribution in [0.15, 0.2) is 64.5 Å². The van der Waals surface area contributed by atoms with Gasteiger partial charge in [0.1, 0.15) is 0 Å². The minimum atomic E-state index is -0.111. The van der Waals surface area contributed by atoms with E-state index in [1.54, 1.807) is 4.57 Å². The molecule has 154 valence electrons. The number of hydrogen-bond donors (Lipinski definition) is 1. The van der Waals surface area contributed by atoms with Crippen molar-refractivity contribution in [1.82, 2.24) is 24.5 Å². The molecule has 4 rings (SSSR count). The van der Waals surface area contributed by atoms with E-state index in [0.717, 1.165) is 11.1 Å². The standard InChI is InChI=1S/C22H23N5O2S/c1-15(2)12-23-19(28)14-30-22-25-24-21-26(13-16-8-4-3-5-9-16)20(29)17-10-6-7-11-18(17)27(21)22/h3-11,15H,12-14H2,1-2H3,(H,23,28). The van der Waals surface area contributed by atoms with E-state index in [1.165, 1.54) is 11.8 Å². The van der Waals surface area contributed by atoms with Crippen LogP contribution in [0.2, 0.25) is 0 Å². The van der Waals surface area contributed by atoms with Crippen LogP contribution in [0, 0.1) is 5.92 Å². The van der Waals surface area contributed by atoms with Crippen LogP contribution in [0.1, 0.15) is 19.4 Å². The first-order chi connectivity index (χ1) is 14.5. The topological polar surface area (TPSA) is 81.3 Å². The Hall–Kier alpha value is -3.13. The fraction of sp³-hybridized carbons (Fsp3) is 0.273. The molecule has 0 spiro atoms. The Bertz CT molecular complexity index is 1250. The fourth-order valence-electron chi connectivity index (χ4n) is 3.23. The van der Waals surface area contributed by atoms with Crippen LogP contribution >= 0.6 is 11.8 Å². The normalized spacial score (nSPS) is 11.4. The van der Waals surface area contributed by atoms with Crippen molar-refractivity contribution < 1.29 is 4.79 Å². The van der Waals surface area contributed by atoms with E-state index in [1.807, 2.05) is 59.0 Å². The molecule has 4 aromatic rings. The van der Waals surface area contributed by atoms with Crippen LogP contribution in [0.25, 0.3) is 16.7 Å². The molecule has 7 nitrogen and oxygen atoms in total. The number of amides is 1. The molecule has 0 unspecified atom stereocenters. The molecule has 0 aliphatic carbocycles. The zero-order chi connectivity index (χ0) is 21.1. The van der Waals surface area contributed by atoms with E-state index in [0.29, 0.717) is 35.3 Å². The lowest BCUT2D eigenvalue weighted by molar-refractivity contribution is -0.118. The van der Waals surface area contributed by atoms with Crippen LogP contribution in [-0.4, -0.2) is 37.4 Å². The van der Waals surface area contributed by atoms with Gasteiger partial charge in [0, 0.05) is 6.54 Å². The maximum atomic E-state index is 13.2. The first-order valence-electron chi connectivity index (χ1n) is 9.84. The highest BCUT2D eigenvalue weighted by molar-refractivity contribution is 7.99. The number of para-hydroxylation sites is 1. The van der Waals surface area contributed by atoms with E-state index in [9.17, 15) is 9.59 Å². The first-order valence-corrected chi connectivity index (χ1v) is 10.8. The lowest BCUT2D eigenvalue weighted by Crippen LogP contribution is -2.28. The van der Waals surface area contributed by atoms with E-state index < -0.39 is 0 Å². The summed E-state index contributed by atoms with van der Waals surface area (Å²) in [7, 11) is 0. The van der Waals surface area contributed by atoms with Crippen molar-refractivity contribution in [3.05, 3.63) is 70.5 Å². The van der Waals surface area contributed by atoms with Gasteiger partial charge in [-0.15, -0.1) is 10.2 Å². The van der Waals surface area contributed by atoms with Crippen LogP contribution in [0.4, 0.5) is 0 Å². The van der Waals surface area contributed by atoms with Gasteiger partial charge in [-0.05, 0) is 23.6 Å². The summed E-state index contributed by atoms with van der Waals surface area (Å²) >= 11 is 1.31. The number of rotatable bonds is 7. The van der Waals surface area contributed by atoms with Gasteiger partial charge in [-0.1, -0.05) is 68.1 Å². The van der Waals surface area contributed by atoms with Crippen molar-refractivity contribution in [2.45, 2.75) is 25.5 Å². The fourth-order valence-corrected chi connectivity index (χ4v) is 4.00. The summed E-state index contributed by atoms with van der Waals surface area (Å²) in [4.78, 5) is 25.3. The molecule has 0 fully saturated rings. The van der Waals surface area contributed by atoms with Gasteiger partial charge >= 0.3 is 0 Å². The molecule has 0 radical (unpaired) electrons. The molecule has 0 saturated heterocycles. The summed E-state index contributed by atoms with van der Waals surface area (Å²) in [6, 6.07) is 17.2. The number of hydrogen-bond acceptors (Lipinski definition) is 5. The Morgan fingerprint density at radius 3 is 2.57 bits per heavy atom. The Morgan fingerprint density at radius 1 is 1.07 bits per heavy atom. The van der Waals surface area contributed by atoms with E-state index >= 15 is 0 Å². The second-order valence-electron chi connectivity index (χ2n) is 7.50. The molecule has 0 bridgehead atoms. The smallest absolute Gasteiger partial charge is 0.263 e. The summed E-state index contributed by atoms with van der Waals surface area (Å²) in [6.45, 7) is 5.14. The van der Waals surface area contributed by atoms with Crippen molar-refractivity contribution >= 4 is 34.3 Å². The number of aromatic nitrogens is 4. The second kappa shape index (κ2) is 8.71. The van der Waals surface area contributed by atoms with E-state index in [-0.39, 0.29) is 17.2 Å². The van der Waals surface area contributed by atoms with Crippen molar-refractivity contribution in [2.24, 2.45) is 5.92 Å². The third kappa shape index (κ3) is 4.09.